The second-order valence-electron chi connectivity index (χ2n) is 7.86. The highest BCUT2D eigenvalue weighted by Crippen LogP contribution is 2.20. The fraction of sp³-hybridized carbons (Fsp3) is 0.889. The number of ether oxygens (including phenoxy) is 2. The van der Waals surface area contributed by atoms with Gasteiger partial charge in [-0.05, 0) is 40.0 Å². The number of carbonyl (C=O) groups is 1. The van der Waals surface area contributed by atoms with Gasteiger partial charge in [0.1, 0.15) is 5.60 Å². The number of nitrogens with zero attached hydrogens (tertiary/aromatic N) is 2. The van der Waals surface area contributed by atoms with Crippen LogP contribution in [0.1, 0.15) is 52.9 Å². The minimum absolute atomic E-state index is 0. The maximum atomic E-state index is 11.9. The zero-order valence-electron chi connectivity index (χ0n) is 16.5. The molecule has 2 fully saturated rings. The van der Waals surface area contributed by atoms with Crippen molar-refractivity contribution >= 4 is 36.0 Å². The van der Waals surface area contributed by atoms with E-state index in [0.717, 1.165) is 25.5 Å². The fourth-order valence-electron chi connectivity index (χ4n) is 3.02. The van der Waals surface area contributed by atoms with Gasteiger partial charge in [0.05, 0.1) is 12.1 Å². The molecule has 0 unspecified atom stereocenters. The second kappa shape index (κ2) is 11.2. The van der Waals surface area contributed by atoms with Crippen molar-refractivity contribution in [2.24, 2.45) is 4.99 Å². The molecule has 0 aromatic heterocycles. The third-order valence-corrected chi connectivity index (χ3v) is 4.37. The van der Waals surface area contributed by atoms with Crippen molar-refractivity contribution in [1.82, 2.24) is 15.5 Å². The van der Waals surface area contributed by atoms with E-state index >= 15 is 0 Å². The van der Waals surface area contributed by atoms with Crippen molar-refractivity contribution in [3.8, 4) is 0 Å². The summed E-state index contributed by atoms with van der Waals surface area (Å²) in [5.74, 6) is 0.773. The zero-order chi connectivity index (χ0) is 18.3. The summed E-state index contributed by atoms with van der Waals surface area (Å²) in [6, 6.07) is 0.216. The molecule has 26 heavy (non-hydrogen) atoms. The van der Waals surface area contributed by atoms with Gasteiger partial charge in [-0.3, -0.25) is 4.99 Å². The van der Waals surface area contributed by atoms with Gasteiger partial charge in [0.25, 0.3) is 0 Å². The highest BCUT2D eigenvalue weighted by molar-refractivity contribution is 14.0. The maximum absolute atomic E-state index is 11.9. The van der Waals surface area contributed by atoms with Crippen LogP contribution in [0.15, 0.2) is 4.99 Å². The van der Waals surface area contributed by atoms with E-state index in [1.165, 1.54) is 25.7 Å². The lowest BCUT2D eigenvalue weighted by atomic mass is 10.1. The Bertz CT molecular complexity index is 456. The summed E-state index contributed by atoms with van der Waals surface area (Å²) in [5.41, 5.74) is -0.451. The number of halogens is 1. The largest absolute Gasteiger partial charge is 0.444 e. The molecule has 8 heteroatoms. The van der Waals surface area contributed by atoms with Crippen molar-refractivity contribution in [1.29, 1.82) is 0 Å². The van der Waals surface area contributed by atoms with Gasteiger partial charge >= 0.3 is 6.09 Å². The molecular weight excluding hydrogens is 447 g/mol. The number of aliphatic imine (C=N–C) groups is 1. The molecule has 1 saturated carbocycles. The lowest BCUT2D eigenvalue weighted by Crippen LogP contribution is -2.63. The molecule has 2 aliphatic rings. The van der Waals surface area contributed by atoms with E-state index < -0.39 is 5.60 Å². The zero-order valence-corrected chi connectivity index (χ0v) is 18.9. The van der Waals surface area contributed by atoms with Crippen molar-refractivity contribution in [3.63, 3.8) is 0 Å². The molecule has 0 bridgehead atoms. The summed E-state index contributed by atoms with van der Waals surface area (Å²) >= 11 is 0. The Labute approximate surface area is 174 Å². The molecule has 2 N–H and O–H groups in total. The Kier molecular flexibility index (Phi) is 9.99. The first-order valence-electron chi connectivity index (χ1n) is 9.44. The molecule has 1 heterocycles. The minimum Gasteiger partial charge on any atom is -0.444 e. The summed E-state index contributed by atoms with van der Waals surface area (Å²) in [6.07, 6.45) is 6.23. The molecule has 1 saturated heterocycles. The van der Waals surface area contributed by atoms with Crippen LogP contribution in [-0.4, -0.2) is 68.0 Å². The van der Waals surface area contributed by atoms with Crippen LogP contribution >= 0.6 is 24.0 Å². The first-order valence-corrected chi connectivity index (χ1v) is 9.44. The van der Waals surface area contributed by atoms with Gasteiger partial charge in [0, 0.05) is 33.3 Å². The predicted molar refractivity (Wildman–Crippen MR) is 114 cm³/mol. The quantitative estimate of drug-likeness (QED) is 0.264. The Balaban J connectivity index is 0.00000338. The Hall–Kier alpha value is -0.770. The van der Waals surface area contributed by atoms with Crippen LogP contribution in [0.4, 0.5) is 4.79 Å². The number of carbonyl (C=O) groups excluding carboxylic acids is 1. The van der Waals surface area contributed by atoms with Crippen LogP contribution < -0.4 is 10.6 Å². The van der Waals surface area contributed by atoms with Crippen LogP contribution in [0.5, 0.6) is 0 Å². The second-order valence-corrected chi connectivity index (χ2v) is 7.86. The van der Waals surface area contributed by atoms with Crippen molar-refractivity contribution in [3.05, 3.63) is 0 Å². The number of nitrogens with one attached hydrogen (secondary N) is 2. The Morgan fingerprint density at radius 3 is 2.46 bits per heavy atom. The number of hydrogen-bond donors (Lipinski definition) is 2. The van der Waals surface area contributed by atoms with Gasteiger partial charge in [-0.2, -0.15) is 0 Å². The summed E-state index contributed by atoms with van der Waals surface area (Å²) < 4.78 is 11.2. The summed E-state index contributed by atoms with van der Waals surface area (Å²) in [6.45, 7) is 8.54. The third kappa shape index (κ3) is 8.28. The minimum atomic E-state index is -0.451. The van der Waals surface area contributed by atoms with Crippen LogP contribution in [0, 0.1) is 0 Å². The molecule has 0 aromatic carbocycles. The van der Waals surface area contributed by atoms with Crippen LogP contribution in [-0.2, 0) is 9.47 Å². The van der Waals surface area contributed by atoms with Gasteiger partial charge in [-0.1, -0.05) is 12.8 Å². The van der Waals surface area contributed by atoms with Gasteiger partial charge in [-0.25, -0.2) is 4.79 Å². The molecule has 2 rings (SSSR count). The highest BCUT2D eigenvalue weighted by Gasteiger charge is 2.34. The van der Waals surface area contributed by atoms with Crippen molar-refractivity contribution in [2.45, 2.75) is 70.6 Å². The summed E-state index contributed by atoms with van der Waals surface area (Å²) in [4.78, 5) is 17.8. The molecule has 1 aliphatic heterocycles. The van der Waals surface area contributed by atoms with E-state index in [1.807, 2.05) is 20.8 Å². The number of likely N-dealkylation sites (tertiary alicyclic amines) is 1. The molecule has 1 aliphatic carbocycles. The lowest BCUT2D eigenvalue weighted by Gasteiger charge is -2.40. The van der Waals surface area contributed by atoms with E-state index in [2.05, 4.69) is 15.6 Å². The van der Waals surface area contributed by atoms with Crippen LogP contribution in [0.3, 0.4) is 0 Å². The number of guanidine groups is 1. The SMILES string of the molecule is CN=C(NCCCOC1CCCC1)NC1CN(C(=O)OC(C)(C)C)C1.I. The Morgan fingerprint density at radius 2 is 1.88 bits per heavy atom. The van der Waals surface area contributed by atoms with E-state index in [-0.39, 0.29) is 36.1 Å². The van der Waals surface area contributed by atoms with Gasteiger partial charge < -0.3 is 25.0 Å². The topological polar surface area (TPSA) is 75.2 Å². The first-order chi connectivity index (χ1) is 11.9. The lowest BCUT2D eigenvalue weighted by molar-refractivity contribution is 0.00699. The average Bonchev–Trinajstić information content (AvgIpc) is 2.99. The predicted octanol–water partition coefficient (Wildman–Crippen LogP) is 2.74. The average molecular weight is 482 g/mol. The van der Waals surface area contributed by atoms with E-state index in [4.69, 9.17) is 9.47 Å². The van der Waals surface area contributed by atoms with E-state index in [0.29, 0.717) is 19.2 Å². The van der Waals surface area contributed by atoms with Crippen molar-refractivity contribution < 1.29 is 14.3 Å². The van der Waals surface area contributed by atoms with E-state index in [1.54, 1.807) is 11.9 Å². The summed E-state index contributed by atoms with van der Waals surface area (Å²) in [7, 11) is 1.76. The van der Waals surface area contributed by atoms with E-state index in [9.17, 15) is 4.79 Å². The number of rotatable bonds is 6. The monoisotopic (exact) mass is 482 g/mol. The molecule has 7 nitrogen and oxygen atoms in total. The number of hydrogen-bond acceptors (Lipinski definition) is 4. The molecule has 152 valence electrons. The molecular formula is C18H35IN4O3. The standard InChI is InChI=1S/C18H34N4O3.HI/c1-18(2,3)25-17(23)22-12-14(13-22)21-16(19-4)20-10-7-11-24-15-8-5-6-9-15;/h14-15H,5-13H2,1-4H3,(H2,19,20,21);1H. The van der Waals surface area contributed by atoms with Gasteiger partial charge in [-0.15, -0.1) is 24.0 Å². The van der Waals surface area contributed by atoms with Crippen LogP contribution in [0.25, 0.3) is 0 Å². The molecule has 1 amide bonds. The Morgan fingerprint density at radius 1 is 1.23 bits per heavy atom. The maximum Gasteiger partial charge on any atom is 0.410 e. The first kappa shape index (κ1) is 23.3. The highest BCUT2D eigenvalue weighted by atomic mass is 127. The molecule has 0 atom stereocenters. The smallest absolute Gasteiger partial charge is 0.410 e. The molecule has 0 radical (unpaired) electrons. The normalized spacial score (nSPS) is 18.9. The van der Waals surface area contributed by atoms with Gasteiger partial charge in [0.2, 0.25) is 0 Å². The molecule has 0 spiro atoms. The third-order valence-electron chi connectivity index (χ3n) is 4.37. The molecule has 0 aromatic rings. The van der Waals surface area contributed by atoms with Crippen LogP contribution in [0.2, 0.25) is 0 Å². The van der Waals surface area contributed by atoms with Crippen molar-refractivity contribution in [2.75, 3.05) is 33.3 Å². The number of amides is 1. The summed E-state index contributed by atoms with van der Waals surface area (Å²) in [5, 5.41) is 6.63. The fourth-order valence-corrected chi connectivity index (χ4v) is 3.02. The van der Waals surface area contributed by atoms with Gasteiger partial charge in [0.15, 0.2) is 5.96 Å².